The molecule has 2 atom stereocenters. The zero-order chi connectivity index (χ0) is 24.2. The molecule has 0 aromatic heterocycles. The van der Waals surface area contributed by atoms with Gasteiger partial charge in [-0.05, 0) is 44.5 Å². The molecule has 0 radical (unpaired) electrons. The van der Waals surface area contributed by atoms with Gasteiger partial charge in [0.05, 0.1) is 18.8 Å². The molecule has 0 saturated carbocycles. The molecule has 4 rings (SSSR count). The van der Waals surface area contributed by atoms with E-state index in [4.69, 9.17) is 4.74 Å². The molecule has 2 fully saturated rings. The first kappa shape index (κ1) is 23.9. The van der Waals surface area contributed by atoms with Crippen LogP contribution in [0.15, 0.2) is 36.4 Å². The highest BCUT2D eigenvalue weighted by molar-refractivity contribution is 5.99. The van der Waals surface area contributed by atoms with Gasteiger partial charge in [0.15, 0.2) is 5.78 Å². The Balaban J connectivity index is 1.31. The number of nitrogens with zero attached hydrogens (tertiary/aromatic N) is 1. The number of ketones is 1. The monoisotopic (exact) mass is 467 g/mol. The Morgan fingerprint density at radius 2 is 2.03 bits per heavy atom. The van der Waals surface area contributed by atoms with Gasteiger partial charge in [-0.2, -0.15) is 0 Å². The minimum Gasteiger partial charge on any atom is -0.442 e. The van der Waals surface area contributed by atoms with Crippen LogP contribution in [0.2, 0.25) is 0 Å². The lowest BCUT2D eigenvalue weighted by atomic mass is 9.95. The third-order valence-electron chi connectivity index (χ3n) is 6.45. The quantitative estimate of drug-likeness (QED) is 0.579. The first-order chi connectivity index (χ1) is 16.3. The third kappa shape index (κ3) is 5.28. The minimum absolute atomic E-state index is 0.00236. The van der Waals surface area contributed by atoms with E-state index in [1.54, 1.807) is 18.2 Å². The molecule has 2 N–H and O–H groups in total. The van der Waals surface area contributed by atoms with Gasteiger partial charge in [0, 0.05) is 36.4 Å². The molecular weight excluding hydrogens is 437 g/mol. The van der Waals surface area contributed by atoms with Gasteiger partial charge >= 0.3 is 6.09 Å². The van der Waals surface area contributed by atoms with E-state index in [-0.39, 0.29) is 49.4 Å². The van der Waals surface area contributed by atoms with Gasteiger partial charge in [-0.1, -0.05) is 29.8 Å². The summed E-state index contributed by atoms with van der Waals surface area (Å²) in [5, 5.41) is 5.98. The van der Waals surface area contributed by atoms with Gasteiger partial charge in [0.25, 0.3) is 0 Å². The Bertz CT molecular complexity index is 1100. The van der Waals surface area contributed by atoms with E-state index in [2.05, 4.69) is 10.6 Å². The van der Waals surface area contributed by atoms with E-state index in [1.807, 2.05) is 26.0 Å². The number of hydrogen-bond acceptors (Lipinski definition) is 5. The number of halogens is 1. The van der Waals surface area contributed by atoms with Crippen LogP contribution in [0.1, 0.15) is 52.2 Å². The predicted octanol–water partition coefficient (Wildman–Crippen LogP) is 3.62. The smallest absolute Gasteiger partial charge is 0.414 e. The van der Waals surface area contributed by atoms with Crippen LogP contribution in [0.3, 0.4) is 0 Å². The molecule has 2 aromatic carbocycles. The lowest BCUT2D eigenvalue weighted by Crippen LogP contribution is -2.35. The highest BCUT2D eigenvalue weighted by atomic mass is 19.1. The fourth-order valence-corrected chi connectivity index (χ4v) is 4.69. The fraction of sp³-hybridized carbons (Fsp3) is 0.423. The number of rotatable bonds is 8. The van der Waals surface area contributed by atoms with Crippen molar-refractivity contribution in [2.45, 2.75) is 45.1 Å². The molecule has 2 heterocycles. The number of carbonyl (C=O) groups excluding carboxylic acids is 3. The number of carbonyl (C=O) groups is 3. The van der Waals surface area contributed by atoms with Crippen molar-refractivity contribution in [3.05, 3.63) is 64.5 Å². The Kier molecular flexibility index (Phi) is 7.26. The number of hydrogen-bond donors (Lipinski definition) is 2. The summed E-state index contributed by atoms with van der Waals surface area (Å²) in [7, 11) is 0. The van der Waals surface area contributed by atoms with Crippen LogP contribution in [-0.2, 0) is 9.53 Å². The topological polar surface area (TPSA) is 87.7 Å². The standard InChI is InChI=1S/C26H30FN3O4/c1-16-6-7-20(17(2)12-16)23(31)8-9-24(32)29-14-19-15-30(26(33)34-19)22-5-3-4-21(27)25(22)18-10-11-28-13-18/h3-7,12,18-19,28H,8-11,13-15H2,1-2H3,(H,29,32)/t18?,19-/m0/s1. The van der Waals surface area contributed by atoms with Crippen molar-refractivity contribution in [1.29, 1.82) is 0 Å². The number of amides is 2. The molecule has 2 aliphatic rings. The largest absolute Gasteiger partial charge is 0.442 e. The highest BCUT2D eigenvalue weighted by Gasteiger charge is 2.36. The molecule has 0 spiro atoms. The first-order valence-electron chi connectivity index (χ1n) is 11.7. The predicted molar refractivity (Wildman–Crippen MR) is 127 cm³/mol. The van der Waals surface area contributed by atoms with E-state index in [0.717, 1.165) is 24.1 Å². The number of aryl methyl sites for hydroxylation is 2. The molecule has 2 aliphatic heterocycles. The highest BCUT2D eigenvalue weighted by Crippen LogP contribution is 2.35. The number of anilines is 1. The van der Waals surface area contributed by atoms with Gasteiger partial charge in [0.1, 0.15) is 11.9 Å². The third-order valence-corrected chi connectivity index (χ3v) is 6.45. The Morgan fingerprint density at radius 3 is 2.76 bits per heavy atom. The fourth-order valence-electron chi connectivity index (χ4n) is 4.69. The minimum atomic E-state index is -0.554. The second kappa shape index (κ2) is 10.3. The SMILES string of the molecule is Cc1ccc(C(=O)CCC(=O)NC[C@H]2CN(c3cccc(F)c3C3CCNC3)C(=O)O2)c(C)c1. The van der Waals surface area contributed by atoms with E-state index in [9.17, 15) is 18.8 Å². The second-order valence-corrected chi connectivity index (χ2v) is 9.02. The number of ether oxygens (including phenoxy) is 1. The molecule has 2 aromatic rings. The maximum atomic E-state index is 14.7. The number of nitrogens with one attached hydrogen (secondary N) is 2. The zero-order valence-corrected chi connectivity index (χ0v) is 19.5. The van der Waals surface area contributed by atoms with E-state index in [1.165, 1.54) is 11.0 Å². The summed E-state index contributed by atoms with van der Waals surface area (Å²) in [5.74, 6) is -0.691. The van der Waals surface area contributed by atoms with E-state index in [0.29, 0.717) is 23.4 Å². The normalized spacial score (nSPS) is 19.9. The lowest BCUT2D eigenvalue weighted by Gasteiger charge is -2.21. The molecule has 8 heteroatoms. The average Bonchev–Trinajstić information content (AvgIpc) is 3.45. The summed E-state index contributed by atoms with van der Waals surface area (Å²) in [5.41, 5.74) is 3.65. The van der Waals surface area contributed by atoms with E-state index >= 15 is 0 Å². The van der Waals surface area contributed by atoms with Gasteiger partial charge in [-0.15, -0.1) is 0 Å². The van der Waals surface area contributed by atoms with Crippen molar-refractivity contribution in [2.75, 3.05) is 31.1 Å². The number of benzene rings is 2. The van der Waals surface area contributed by atoms with Gasteiger partial charge < -0.3 is 15.4 Å². The molecule has 180 valence electrons. The molecular formula is C26H30FN3O4. The van der Waals surface area contributed by atoms with Crippen LogP contribution < -0.4 is 15.5 Å². The molecule has 0 bridgehead atoms. The zero-order valence-electron chi connectivity index (χ0n) is 19.5. The van der Waals surface area contributed by atoms with Crippen LogP contribution in [0.4, 0.5) is 14.9 Å². The molecule has 2 saturated heterocycles. The molecule has 7 nitrogen and oxygen atoms in total. The van der Waals surface area contributed by atoms with Crippen LogP contribution in [-0.4, -0.2) is 50.1 Å². The number of Topliss-reactive ketones (excluding diaryl/α,β-unsaturated/α-hetero) is 1. The van der Waals surface area contributed by atoms with Gasteiger partial charge in [0.2, 0.25) is 5.91 Å². The number of cyclic esters (lactones) is 1. The maximum absolute atomic E-state index is 14.7. The van der Waals surface area contributed by atoms with Crippen molar-refractivity contribution in [1.82, 2.24) is 10.6 Å². The van der Waals surface area contributed by atoms with Crippen LogP contribution in [0.5, 0.6) is 0 Å². The lowest BCUT2D eigenvalue weighted by molar-refractivity contribution is -0.121. The van der Waals surface area contributed by atoms with Crippen LogP contribution in [0, 0.1) is 19.7 Å². The summed E-state index contributed by atoms with van der Waals surface area (Å²) in [6, 6.07) is 10.4. The molecule has 1 unspecified atom stereocenters. The van der Waals surface area contributed by atoms with Crippen molar-refractivity contribution in [3.63, 3.8) is 0 Å². The second-order valence-electron chi connectivity index (χ2n) is 9.02. The van der Waals surface area contributed by atoms with Crippen LogP contribution in [0.25, 0.3) is 0 Å². The van der Waals surface area contributed by atoms with Crippen molar-refractivity contribution in [3.8, 4) is 0 Å². The molecule has 0 aliphatic carbocycles. The van der Waals surface area contributed by atoms with Crippen molar-refractivity contribution in [2.24, 2.45) is 0 Å². The van der Waals surface area contributed by atoms with Crippen molar-refractivity contribution < 1.29 is 23.5 Å². The molecule has 2 amide bonds. The summed E-state index contributed by atoms with van der Waals surface area (Å²) in [4.78, 5) is 38.8. The maximum Gasteiger partial charge on any atom is 0.414 e. The summed E-state index contributed by atoms with van der Waals surface area (Å²) in [6.45, 7) is 5.67. The molecule has 34 heavy (non-hydrogen) atoms. The Morgan fingerprint density at radius 1 is 1.21 bits per heavy atom. The van der Waals surface area contributed by atoms with E-state index < -0.39 is 12.2 Å². The first-order valence-corrected chi connectivity index (χ1v) is 11.7. The summed E-state index contributed by atoms with van der Waals surface area (Å²) >= 11 is 0. The Labute approximate surface area is 198 Å². The van der Waals surface area contributed by atoms with Crippen molar-refractivity contribution >= 4 is 23.5 Å². The Hall–Kier alpha value is -3.26. The average molecular weight is 468 g/mol. The van der Waals surface area contributed by atoms with Crippen LogP contribution >= 0.6 is 0 Å². The van der Waals surface area contributed by atoms with Gasteiger partial charge in [-0.25, -0.2) is 9.18 Å². The summed E-state index contributed by atoms with van der Waals surface area (Å²) < 4.78 is 20.1. The summed E-state index contributed by atoms with van der Waals surface area (Å²) in [6.07, 6.45) is -0.142. The van der Waals surface area contributed by atoms with Gasteiger partial charge in [-0.3, -0.25) is 14.5 Å².